The average Bonchev–Trinajstić information content (AvgIpc) is 3.28. The molecule has 2 fully saturated rings. The summed E-state index contributed by atoms with van der Waals surface area (Å²) in [6.07, 6.45) is 6.05. The zero-order valence-corrected chi connectivity index (χ0v) is 12.3. The number of carbonyl (C=O) groups excluding carboxylic acids is 2. The van der Waals surface area contributed by atoms with Crippen LogP contribution >= 0.6 is 0 Å². The molecule has 5 heteroatoms. The molecular formula is C15H26N2O3. The minimum Gasteiger partial charge on any atom is -0.466 e. The molecule has 0 spiro atoms. The summed E-state index contributed by atoms with van der Waals surface area (Å²) in [7, 11) is 0. The second kappa shape index (κ2) is 7.62. The van der Waals surface area contributed by atoms with E-state index in [0.29, 0.717) is 19.2 Å². The summed E-state index contributed by atoms with van der Waals surface area (Å²) in [5.74, 6) is 0.459. The van der Waals surface area contributed by atoms with Crippen molar-refractivity contribution in [2.45, 2.75) is 51.5 Å². The van der Waals surface area contributed by atoms with E-state index < -0.39 is 0 Å². The molecule has 1 amide bonds. The van der Waals surface area contributed by atoms with Gasteiger partial charge in [0, 0.05) is 25.0 Å². The number of rotatable bonds is 7. The average molecular weight is 282 g/mol. The molecule has 20 heavy (non-hydrogen) atoms. The Balaban J connectivity index is 1.60. The number of amides is 1. The van der Waals surface area contributed by atoms with E-state index in [1.165, 1.54) is 0 Å². The van der Waals surface area contributed by atoms with Crippen molar-refractivity contribution in [2.24, 2.45) is 11.8 Å². The lowest BCUT2D eigenvalue weighted by atomic mass is 9.86. The molecule has 0 saturated heterocycles. The second-order valence-electron chi connectivity index (χ2n) is 5.83. The van der Waals surface area contributed by atoms with Crippen LogP contribution in [0.5, 0.6) is 0 Å². The number of hydrogen-bond acceptors (Lipinski definition) is 4. The highest BCUT2D eigenvalue weighted by molar-refractivity contribution is 5.80. The smallest absolute Gasteiger partial charge is 0.308 e. The van der Waals surface area contributed by atoms with Gasteiger partial charge in [-0.05, 0) is 39.0 Å². The van der Waals surface area contributed by atoms with E-state index in [0.717, 1.165) is 45.1 Å². The Hall–Kier alpha value is -1.10. The molecule has 2 N–H and O–H groups in total. The Kier molecular flexibility index (Phi) is 5.83. The fourth-order valence-corrected chi connectivity index (χ4v) is 2.80. The van der Waals surface area contributed by atoms with Crippen LogP contribution in [0.2, 0.25) is 0 Å². The van der Waals surface area contributed by atoms with Crippen LogP contribution in [0, 0.1) is 11.8 Å². The zero-order valence-electron chi connectivity index (χ0n) is 12.3. The molecule has 2 aliphatic carbocycles. The molecule has 2 unspecified atom stereocenters. The Bertz CT molecular complexity index is 342. The van der Waals surface area contributed by atoms with Crippen LogP contribution in [0.25, 0.3) is 0 Å². The van der Waals surface area contributed by atoms with E-state index in [2.05, 4.69) is 10.6 Å². The molecule has 2 rings (SSSR count). The summed E-state index contributed by atoms with van der Waals surface area (Å²) in [4.78, 5) is 23.2. The minimum atomic E-state index is -0.0546. The third-order valence-corrected chi connectivity index (χ3v) is 4.10. The molecule has 0 heterocycles. The Morgan fingerprint density at radius 3 is 2.60 bits per heavy atom. The number of nitrogens with one attached hydrogen (secondary N) is 2. The van der Waals surface area contributed by atoms with Gasteiger partial charge < -0.3 is 15.4 Å². The first kappa shape index (κ1) is 15.3. The van der Waals surface area contributed by atoms with Gasteiger partial charge in [-0.3, -0.25) is 9.59 Å². The van der Waals surface area contributed by atoms with Gasteiger partial charge in [-0.25, -0.2) is 0 Å². The maximum Gasteiger partial charge on any atom is 0.308 e. The van der Waals surface area contributed by atoms with Crippen LogP contribution in [-0.2, 0) is 14.3 Å². The van der Waals surface area contributed by atoms with Gasteiger partial charge in [-0.15, -0.1) is 0 Å². The summed E-state index contributed by atoms with van der Waals surface area (Å²) >= 11 is 0. The number of ether oxygens (including phenoxy) is 1. The van der Waals surface area contributed by atoms with Gasteiger partial charge in [-0.2, -0.15) is 0 Å². The summed E-state index contributed by atoms with van der Waals surface area (Å²) in [5, 5.41) is 6.39. The molecule has 0 aliphatic heterocycles. The van der Waals surface area contributed by atoms with E-state index in [9.17, 15) is 9.59 Å². The first-order valence-electron chi connectivity index (χ1n) is 7.88. The Morgan fingerprint density at radius 2 is 1.90 bits per heavy atom. The van der Waals surface area contributed by atoms with Gasteiger partial charge in [-0.1, -0.05) is 6.42 Å². The normalized spacial score (nSPS) is 26.1. The maximum atomic E-state index is 11.7. The van der Waals surface area contributed by atoms with E-state index in [-0.39, 0.29) is 23.7 Å². The first-order chi connectivity index (χ1) is 9.70. The fourth-order valence-electron chi connectivity index (χ4n) is 2.80. The Labute approximate surface area is 120 Å². The summed E-state index contributed by atoms with van der Waals surface area (Å²) < 4.78 is 5.10. The van der Waals surface area contributed by atoms with Crippen molar-refractivity contribution in [3.05, 3.63) is 0 Å². The van der Waals surface area contributed by atoms with Gasteiger partial charge in [0.25, 0.3) is 0 Å². The summed E-state index contributed by atoms with van der Waals surface area (Å²) in [6.45, 7) is 3.76. The monoisotopic (exact) mass is 282 g/mol. The molecule has 2 aliphatic rings. The fraction of sp³-hybridized carbons (Fsp3) is 0.867. The number of esters is 1. The molecular weight excluding hydrogens is 256 g/mol. The van der Waals surface area contributed by atoms with Crippen LogP contribution < -0.4 is 10.6 Å². The van der Waals surface area contributed by atoms with Crippen LogP contribution in [0.1, 0.15) is 45.4 Å². The molecule has 0 aromatic rings. The molecule has 0 aromatic carbocycles. The molecule has 114 valence electrons. The third-order valence-electron chi connectivity index (χ3n) is 4.10. The van der Waals surface area contributed by atoms with Crippen LogP contribution in [0.4, 0.5) is 0 Å². The van der Waals surface area contributed by atoms with Crippen molar-refractivity contribution in [3.8, 4) is 0 Å². The van der Waals surface area contributed by atoms with Gasteiger partial charge in [0.15, 0.2) is 0 Å². The molecule has 0 radical (unpaired) electrons. The third kappa shape index (κ3) is 4.78. The van der Waals surface area contributed by atoms with E-state index >= 15 is 0 Å². The molecule has 2 saturated carbocycles. The van der Waals surface area contributed by atoms with Gasteiger partial charge in [0.05, 0.1) is 12.5 Å². The lowest BCUT2D eigenvalue weighted by Gasteiger charge is -2.28. The second-order valence-corrected chi connectivity index (χ2v) is 5.83. The van der Waals surface area contributed by atoms with Gasteiger partial charge in [0.1, 0.15) is 0 Å². The Morgan fingerprint density at radius 1 is 1.10 bits per heavy atom. The molecule has 5 nitrogen and oxygen atoms in total. The van der Waals surface area contributed by atoms with Gasteiger partial charge in [0.2, 0.25) is 5.91 Å². The summed E-state index contributed by atoms with van der Waals surface area (Å²) in [5.41, 5.74) is 0. The van der Waals surface area contributed by atoms with E-state index in [1.54, 1.807) is 0 Å². The van der Waals surface area contributed by atoms with Crippen molar-refractivity contribution < 1.29 is 14.3 Å². The zero-order chi connectivity index (χ0) is 14.4. The first-order valence-corrected chi connectivity index (χ1v) is 7.88. The highest BCUT2D eigenvalue weighted by atomic mass is 16.5. The predicted molar refractivity (Wildman–Crippen MR) is 76.1 cm³/mol. The SMILES string of the molecule is CCOC(=O)C1CCCC(NCCNC(=O)C2CC2)C1. The topological polar surface area (TPSA) is 67.4 Å². The van der Waals surface area contributed by atoms with Crippen molar-refractivity contribution in [1.29, 1.82) is 0 Å². The number of carbonyl (C=O) groups is 2. The molecule has 0 aromatic heterocycles. The van der Waals surface area contributed by atoms with Crippen LogP contribution in [0.15, 0.2) is 0 Å². The maximum absolute atomic E-state index is 11.7. The quantitative estimate of drug-likeness (QED) is 0.544. The van der Waals surface area contributed by atoms with Crippen molar-refractivity contribution in [2.75, 3.05) is 19.7 Å². The number of hydrogen-bond donors (Lipinski definition) is 2. The van der Waals surface area contributed by atoms with Crippen molar-refractivity contribution in [1.82, 2.24) is 10.6 Å². The largest absolute Gasteiger partial charge is 0.466 e. The van der Waals surface area contributed by atoms with Crippen molar-refractivity contribution >= 4 is 11.9 Å². The van der Waals surface area contributed by atoms with Crippen molar-refractivity contribution in [3.63, 3.8) is 0 Å². The highest BCUT2D eigenvalue weighted by Crippen LogP contribution is 2.28. The lowest BCUT2D eigenvalue weighted by molar-refractivity contribution is -0.149. The predicted octanol–water partition coefficient (Wildman–Crippen LogP) is 1.22. The standard InChI is InChI=1S/C15H26N2O3/c1-2-20-15(19)12-4-3-5-13(10-12)16-8-9-17-14(18)11-6-7-11/h11-13,16H,2-10H2,1H3,(H,17,18). The minimum absolute atomic E-state index is 0.0438. The van der Waals surface area contributed by atoms with Gasteiger partial charge >= 0.3 is 5.97 Å². The van der Waals surface area contributed by atoms with E-state index in [1.807, 2.05) is 6.92 Å². The van der Waals surface area contributed by atoms with E-state index in [4.69, 9.17) is 4.74 Å². The molecule has 0 bridgehead atoms. The lowest BCUT2D eigenvalue weighted by Crippen LogP contribution is -2.41. The van der Waals surface area contributed by atoms with Crippen LogP contribution in [0.3, 0.4) is 0 Å². The molecule has 2 atom stereocenters. The highest BCUT2D eigenvalue weighted by Gasteiger charge is 2.29. The summed E-state index contributed by atoms with van der Waals surface area (Å²) in [6, 6.07) is 0.371. The van der Waals surface area contributed by atoms with Crippen LogP contribution in [-0.4, -0.2) is 37.6 Å².